The number of hydrogen-bond donors (Lipinski definition) is 8. The number of nitrogens with one attached hydrogen (secondary N) is 5. The van der Waals surface area contributed by atoms with Crippen LogP contribution in [0.5, 0.6) is 5.75 Å². The molecule has 0 aliphatic rings. The maximum absolute atomic E-state index is 13.7. The van der Waals surface area contributed by atoms with E-state index >= 15 is 0 Å². The monoisotopic (exact) mass is 650 g/mol. The minimum atomic E-state index is -1.17. The van der Waals surface area contributed by atoms with Crippen molar-refractivity contribution in [3.63, 3.8) is 0 Å². The van der Waals surface area contributed by atoms with Crippen LogP contribution in [-0.2, 0) is 35.2 Å². The van der Waals surface area contributed by atoms with Crippen LogP contribution in [0.1, 0.15) is 72.8 Å². The van der Waals surface area contributed by atoms with Gasteiger partial charge in [0, 0.05) is 31.6 Å². The van der Waals surface area contributed by atoms with Gasteiger partial charge in [-0.3, -0.25) is 28.8 Å². The van der Waals surface area contributed by atoms with E-state index in [2.05, 4.69) is 39.2 Å². The smallest absolute Gasteiger partial charge is 0.244 e. The molecule has 0 saturated heterocycles. The highest BCUT2D eigenvalue weighted by atomic mass is 32.1. The average Bonchev–Trinajstić information content (AvgIpc) is 2.96. The maximum atomic E-state index is 13.7. The SMILES string of the molecule is CCC(C)[C@H](NC(=O)C(Cc1ccc(O)cc1)NC(=O)[C@H](CS)NC(=O)C(CC(C)C)NC(C)=O)C(=O)N[C@H](C)CCC(N)=O. The standard InChI is InChI=1S/C31H50N6O7S/c1-7-18(4)27(31(44)33-19(5)8-13-26(32)40)37-29(42)24(15-21-9-11-22(39)12-10-21)35-30(43)25(16-45)36-28(41)23(14-17(2)3)34-20(6)38/h9-12,17-19,23-25,27,39,45H,7-8,13-16H2,1-6H3,(H2,32,40)(H,33,44)(H,34,38)(H,35,43)(H,36,41)(H,37,42)/t18?,19-,23?,24?,25+,27+/m1/s1. The predicted octanol–water partition coefficient (Wildman–Crippen LogP) is 0.686. The van der Waals surface area contributed by atoms with Gasteiger partial charge in [-0.25, -0.2) is 0 Å². The number of amides is 6. The van der Waals surface area contributed by atoms with E-state index in [4.69, 9.17) is 5.73 Å². The summed E-state index contributed by atoms with van der Waals surface area (Å²) >= 11 is 4.23. The summed E-state index contributed by atoms with van der Waals surface area (Å²) in [7, 11) is 0. The third-order valence-corrected chi connectivity index (χ3v) is 7.60. The number of hydrogen-bond acceptors (Lipinski definition) is 8. The quantitative estimate of drug-likeness (QED) is 0.100. The Morgan fingerprint density at radius 3 is 1.87 bits per heavy atom. The van der Waals surface area contributed by atoms with Crippen LogP contribution in [0.15, 0.2) is 24.3 Å². The molecular weight excluding hydrogens is 600 g/mol. The zero-order valence-corrected chi connectivity index (χ0v) is 27.9. The number of nitrogens with two attached hydrogens (primary N) is 1. The molecule has 0 aliphatic carbocycles. The molecule has 3 unspecified atom stereocenters. The predicted molar refractivity (Wildman–Crippen MR) is 174 cm³/mol. The number of benzene rings is 1. The van der Waals surface area contributed by atoms with Crippen LogP contribution in [0.2, 0.25) is 0 Å². The van der Waals surface area contributed by atoms with Gasteiger partial charge >= 0.3 is 0 Å². The van der Waals surface area contributed by atoms with Gasteiger partial charge in [-0.2, -0.15) is 12.6 Å². The number of primary amides is 1. The molecule has 0 radical (unpaired) electrons. The number of rotatable bonds is 19. The molecule has 1 aromatic carbocycles. The Morgan fingerprint density at radius 2 is 1.36 bits per heavy atom. The second-order valence-electron chi connectivity index (χ2n) is 11.8. The molecule has 8 N–H and O–H groups in total. The number of phenolic OH excluding ortho intramolecular Hbond substituents is 1. The Morgan fingerprint density at radius 1 is 0.800 bits per heavy atom. The van der Waals surface area contributed by atoms with Gasteiger partial charge in [0.1, 0.15) is 29.9 Å². The summed E-state index contributed by atoms with van der Waals surface area (Å²) in [6.07, 6.45) is 1.34. The molecule has 0 heterocycles. The summed E-state index contributed by atoms with van der Waals surface area (Å²) in [4.78, 5) is 76.2. The topological polar surface area (TPSA) is 209 Å². The Balaban J connectivity index is 3.22. The Labute approximate surface area is 271 Å². The van der Waals surface area contributed by atoms with E-state index in [1.807, 2.05) is 20.8 Å². The maximum Gasteiger partial charge on any atom is 0.244 e. The minimum absolute atomic E-state index is 0.0107. The van der Waals surface area contributed by atoms with E-state index in [1.165, 1.54) is 19.1 Å². The Hall–Kier alpha value is -3.81. The molecular formula is C31H50N6O7S. The first kappa shape index (κ1) is 39.2. The van der Waals surface area contributed by atoms with Crippen molar-refractivity contribution < 1.29 is 33.9 Å². The van der Waals surface area contributed by atoms with Crippen molar-refractivity contribution >= 4 is 48.1 Å². The van der Waals surface area contributed by atoms with Crippen LogP contribution < -0.4 is 32.3 Å². The second kappa shape index (κ2) is 19.6. The second-order valence-corrected chi connectivity index (χ2v) is 12.2. The third kappa shape index (κ3) is 14.7. The summed E-state index contributed by atoms with van der Waals surface area (Å²) < 4.78 is 0. The summed E-state index contributed by atoms with van der Waals surface area (Å²) in [6.45, 7) is 10.5. The molecule has 0 saturated carbocycles. The number of aromatic hydroxyl groups is 1. The van der Waals surface area contributed by atoms with Crippen molar-refractivity contribution in [1.29, 1.82) is 0 Å². The van der Waals surface area contributed by atoms with E-state index in [0.29, 0.717) is 24.8 Å². The molecule has 0 spiro atoms. The first-order chi connectivity index (χ1) is 21.1. The summed E-state index contributed by atoms with van der Waals surface area (Å²) in [6, 6.07) is 1.59. The zero-order chi connectivity index (χ0) is 34.3. The molecule has 6 amide bonds. The van der Waals surface area contributed by atoms with Gasteiger partial charge in [-0.15, -0.1) is 0 Å². The molecule has 1 aromatic rings. The molecule has 1 rings (SSSR count). The summed E-state index contributed by atoms with van der Waals surface area (Å²) in [5, 5.41) is 23.2. The van der Waals surface area contributed by atoms with Crippen LogP contribution >= 0.6 is 12.6 Å². The Bertz CT molecular complexity index is 1160. The molecule has 0 bridgehead atoms. The van der Waals surface area contributed by atoms with Gasteiger partial charge in [0.15, 0.2) is 0 Å². The lowest BCUT2D eigenvalue weighted by Gasteiger charge is -2.29. The van der Waals surface area contributed by atoms with Crippen LogP contribution in [0.25, 0.3) is 0 Å². The fourth-order valence-corrected chi connectivity index (χ4v) is 4.74. The molecule has 45 heavy (non-hydrogen) atoms. The van der Waals surface area contributed by atoms with Gasteiger partial charge in [0.05, 0.1) is 0 Å². The van der Waals surface area contributed by atoms with E-state index in [-0.39, 0.29) is 42.2 Å². The first-order valence-corrected chi connectivity index (χ1v) is 15.9. The van der Waals surface area contributed by atoms with Crippen molar-refractivity contribution in [2.45, 2.75) is 104 Å². The molecule has 0 aliphatic heterocycles. The first-order valence-electron chi connectivity index (χ1n) is 15.2. The van der Waals surface area contributed by atoms with Gasteiger partial charge in [0.25, 0.3) is 0 Å². The van der Waals surface area contributed by atoms with Crippen molar-refractivity contribution in [2.24, 2.45) is 17.6 Å². The van der Waals surface area contributed by atoms with Gasteiger partial charge in [-0.1, -0.05) is 46.2 Å². The highest BCUT2D eigenvalue weighted by Gasteiger charge is 2.33. The zero-order valence-electron chi connectivity index (χ0n) is 27.0. The largest absolute Gasteiger partial charge is 0.508 e. The molecule has 0 aromatic heterocycles. The third-order valence-electron chi connectivity index (χ3n) is 7.23. The van der Waals surface area contributed by atoms with E-state index in [9.17, 15) is 33.9 Å². The molecule has 13 nitrogen and oxygen atoms in total. The van der Waals surface area contributed by atoms with Crippen LogP contribution in [0.4, 0.5) is 0 Å². The van der Waals surface area contributed by atoms with Crippen molar-refractivity contribution in [2.75, 3.05) is 5.75 Å². The highest BCUT2D eigenvalue weighted by Crippen LogP contribution is 2.14. The minimum Gasteiger partial charge on any atom is -0.508 e. The number of phenols is 1. The average molecular weight is 651 g/mol. The van der Waals surface area contributed by atoms with Crippen molar-refractivity contribution in [1.82, 2.24) is 26.6 Å². The van der Waals surface area contributed by atoms with Crippen LogP contribution in [0, 0.1) is 11.8 Å². The fraction of sp³-hybridized carbons (Fsp3) is 0.613. The summed E-state index contributed by atoms with van der Waals surface area (Å²) in [5.41, 5.74) is 5.84. The van der Waals surface area contributed by atoms with Gasteiger partial charge in [-0.05, 0) is 49.3 Å². The Kier molecular flexibility index (Phi) is 17.0. The van der Waals surface area contributed by atoms with Gasteiger partial charge in [0.2, 0.25) is 35.4 Å². The van der Waals surface area contributed by atoms with E-state index in [1.54, 1.807) is 26.0 Å². The van der Waals surface area contributed by atoms with Crippen molar-refractivity contribution in [3.05, 3.63) is 29.8 Å². The highest BCUT2D eigenvalue weighted by molar-refractivity contribution is 7.80. The number of carbonyl (C=O) groups is 6. The lowest BCUT2D eigenvalue weighted by molar-refractivity contribution is -0.134. The van der Waals surface area contributed by atoms with Crippen LogP contribution in [0.3, 0.4) is 0 Å². The van der Waals surface area contributed by atoms with E-state index < -0.39 is 59.6 Å². The van der Waals surface area contributed by atoms with Crippen LogP contribution in [-0.4, -0.2) is 76.5 Å². The van der Waals surface area contributed by atoms with E-state index in [0.717, 1.165) is 0 Å². The normalized spacial score (nSPS) is 15.0. The number of thiol groups is 1. The molecule has 0 fully saturated rings. The lowest BCUT2D eigenvalue weighted by atomic mass is 9.96. The molecule has 14 heteroatoms. The molecule has 6 atom stereocenters. The van der Waals surface area contributed by atoms with Gasteiger partial charge < -0.3 is 37.4 Å². The lowest BCUT2D eigenvalue weighted by Crippen LogP contribution is -2.60. The number of carbonyl (C=O) groups excluding carboxylic acids is 6. The molecule has 252 valence electrons. The fourth-order valence-electron chi connectivity index (χ4n) is 4.48. The van der Waals surface area contributed by atoms with Crippen molar-refractivity contribution in [3.8, 4) is 5.75 Å². The summed E-state index contributed by atoms with van der Waals surface area (Å²) in [5.74, 6) is -3.49.